The zero-order valence-electron chi connectivity index (χ0n) is 11.5. The third-order valence-corrected chi connectivity index (χ3v) is 6.68. The number of hydrogen-bond donors (Lipinski definition) is 0. The van der Waals surface area contributed by atoms with Gasteiger partial charge in [-0.15, -0.1) is 0 Å². The maximum atomic E-state index is 11.9. The Hall–Kier alpha value is -0.570. The van der Waals surface area contributed by atoms with Gasteiger partial charge in [0.15, 0.2) is 5.60 Å². The zero-order valence-corrected chi connectivity index (χ0v) is 11.5. The van der Waals surface area contributed by atoms with Gasteiger partial charge in [0.2, 0.25) is 5.79 Å². The fourth-order valence-corrected chi connectivity index (χ4v) is 5.09. The predicted molar refractivity (Wildman–Crippen MR) is 65.6 cm³/mol. The average molecular weight is 250 g/mol. The van der Waals surface area contributed by atoms with Gasteiger partial charge in [-0.2, -0.15) is 0 Å². The summed E-state index contributed by atoms with van der Waals surface area (Å²) in [4.78, 5) is 11.9. The second-order valence-corrected chi connectivity index (χ2v) is 7.30. The third kappa shape index (κ3) is 1.01. The van der Waals surface area contributed by atoms with Crippen LogP contribution in [0.2, 0.25) is 0 Å². The number of esters is 1. The first-order valence-electron chi connectivity index (χ1n) is 7.37. The normalized spacial score (nSPS) is 61.5. The summed E-state index contributed by atoms with van der Waals surface area (Å²) in [5, 5.41) is 0. The number of ether oxygens (including phenoxy) is 2. The molecule has 0 aromatic heterocycles. The first kappa shape index (κ1) is 11.3. The van der Waals surface area contributed by atoms with Crippen molar-refractivity contribution >= 4 is 5.97 Å². The van der Waals surface area contributed by atoms with E-state index in [0.29, 0.717) is 11.3 Å². The van der Waals surface area contributed by atoms with Crippen molar-refractivity contribution in [3.8, 4) is 0 Å². The van der Waals surface area contributed by atoms with Crippen molar-refractivity contribution < 1.29 is 14.3 Å². The molecule has 0 N–H and O–H groups in total. The maximum Gasteiger partial charge on any atom is 0.314 e. The molecule has 2 aliphatic heterocycles. The molecule has 4 rings (SSSR count). The van der Waals surface area contributed by atoms with Gasteiger partial charge >= 0.3 is 5.97 Å². The number of rotatable bonds is 0. The van der Waals surface area contributed by atoms with Crippen molar-refractivity contribution in [3.63, 3.8) is 0 Å². The number of hydrogen-bond acceptors (Lipinski definition) is 3. The summed E-state index contributed by atoms with van der Waals surface area (Å²) < 4.78 is 11.6. The van der Waals surface area contributed by atoms with E-state index in [9.17, 15) is 4.79 Å². The standard InChI is InChI=1S/C15H22O3/c1-9-5-4-6-11-7-15-14(18-15,8-13(9,11)3)10(2)12(16)17-15/h9-11H,4-8H2,1-3H3/t9-,10+,11+,13+,14+,15+/m0/s1. The van der Waals surface area contributed by atoms with Crippen LogP contribution in [-0.4, -0.2) is 17.4 Å². The molecule has 0 spiro atoms. The molecule has 0 aromatic carbocycles. The zero-order chi connectivity index (χ0) is 12.8. The van der Waals surface area contributed by atoms with Crippen molar-refractivity contribution in [1.82, 2.24) is 0 Å². The second kappa shape index (κ2) is 2.95. The maximum absolute atomic E-state index is 11.9. The Morgan fingerprint density at radius 2 is 2.06 bits per heavy atom. The van der Waals surface area contributed by atoms with Gasteiger partial charge in [0.05, 0.1) is 5.92 Å². The first-order valence-corrected chi connectivity index (χ1v) is 7.37. The smallest absolute Gasteiger partial charge is 0.314 e. The fourth-order valence-electron chi connectivity index (χ4n) is 5.09. The number of fused-ring (bicyclic) bond motifs is 1. The minimum atomic E-state index is -0.523. The molecule has 4 fully saturated rings. The topological polar surface area (TPSA) is 38.8 Å². The van der Waals surface area contributed by atoms with Crippen LogP contribution in [0.4, 0.5) is 0 Å². The van der Waals surface area contributed by atoms with Crippen molar-refractivity contribution in [1.29, 1.82) is 0 Å². The Kier molecular flexibility index (Phi) is 1.85. The summed E-state index contributed by atoms with van der Waals surface area (Å²) in [6, 6.07) is 0. The molecule has 2 heterocycles. The van der Waals surface area contributed by atoms with Crippen LogP contribution in [0.15, 0.2) is 0 Å². The van der Waals surface area contributed by atoms with Crippen LogP contribution in [0.25, 0.3) is 0 Å². The minimum Gasteiger partial charge on any atom is -0.429 e. The highest BCUT2D eigenvalue weighted by molar-refractivity contribution is 5.79. The molecule has 2 saturated heterocycles. The van der Waals surface area contributed by atoms with Gasteiger partial charge < -0.3 is 9.47 Å². The molecule has 0 bridgehead atoms. The van der Waals surface area contributed by atoms with E-state index in [0.717, 1.165) is 18.8 Å². The molecule has 0 amide bonds. The van der Waals surface area contributed by atoms with Crippen molar-refractivity contribution in [2.45, 2.75) is 64.3 Å². The Bertz CT molecular complexity index is 433. The summed E-state index contributed by atoms with van der Waals surface area (Å²) in [6.07, 6.45) is 5.85. The molecule has 0 unspecified atom stereocenters. The summed E-state index contributed by atoms with van der Waals surface area (Å²) in [6.45, 7) is 6.77. The van der Waals surface area contributed by atoms with Crippen LogP contribution in [0.1, 0.15) is 52.9 Å². The summed E-state index contributed by atoms with van der Waals surface area (Å²) in [5.41, 5.74) is 0.0570. The van der Waals surface area contributed by atoms with E-state index < -0.39 is 5.79 Å². The lowest BCUT2D eigenvalue weighted by molar-refractivity contribution is -0.162. The lowest BCUT2D eigenvalue weighted by Gasteiger charge is -2.50. The molecule has 2 saturated carbocycles. The lowest BCUT2D eigenvalue weighted by Crippen LogP contribution is -2.49. The van der Waals surface area contributed by atoms with E-state index in [2.05, 4.69) is 13.8 Å². The molecule has 4 aliphatic rings. The third-order valence-electron chi connectivity index (χ3n) is 6.68. The lowest BCUT2D eigenvalue weighted by atomic mass is 9.52. The monoisotopic (exact) mass is 250 g/mol. The summed E-state index contributed by atoms with van der Waals surface area (Å²) >= 11 is 0. The predicted octanol–water partition coefficient (Wildman–Crippen LogP) is 2.88. The molecule has 100 valence electrons. The highest BCUT2D eigenvalue weighted by atomic mass is 16.8. The summed E-state index contributed by atoms with van der Waals surface area (Å²) in [5.74, 6) is 0.747. The molecule has 3 nitrogen and oxygen atoms in total. The average Bonchev–Trinajstić information content (AvgIpc) is 2.88. The van der Waals surface area contributed by atoms with Gasteiger partial charge in [0.1, 0.15) is 0 Å². The fraction of sp³-hybridized carbons (Fsp3) is 0.933. The molecule has 18 heavy (non-hydrogen) atoms. The number of carbonyl (C=O) groups is 1. The number of carbonyl (C=O) groups excluding carboxylic acids is 1. The van der Waals surface area contributed by atoms with E-state index in [-0.39, 0.29) is 17.5 Å². The molecular weight excluding hydrogens is 228 g/mol. The van der Waals surface area contributed by atoms with Crippen LogP contribution < -0.4 is 0 Å². The Balaban J connectivity index is 1.74. The van der Waals surface area contributed by atoms with Gasteiger partial charge in [0, 0.05) is 6.42 Å². The molecule has 6 atom stereocenters. The van der Waals surface area contributed by atoms with Gasteiger partial charge in [-0.1, -0.05) is 26.7 Å². The van der Waals surface area contributed by atoms with Crippen molar-refractivity contribution in [2.75, 3.05) is 0 Å². The van der Waals surface area contributed by atoms with Crippen LogP contribution in [0.3, 0.4) is 0 Å². The highest BCUT2D eigenvalue weighted by Gasteiger charge is 2.85. The van der Waals surface area contributed by atoms with E-state index in [1.54, 1.807) is 0 Å². The second-order valence-electron chi connectivity index (χ2n) is 7.30. The van der Waals surface area contributed by atoms with E-state index >= 15 is 0 Å². The van der Waals surface area contributed by atoms with E-state index in [1.807, 2.05) is 6.92 Å². The minimum absolute atomic E-state index is 0.0452. The Labute approximate surface area is 108 Å². The molecule has 0 radical (unpaired) electrons. The molecular formula is C15H22O3. The van der Waals surface area contributed by atoms with Crippen LogP contribution in [-0.2, 0) is 14.3 Å². The quantitative estimate of drug-likeness (QED) is 0.490. The number of epoxide rings is 1. The molecule has 3 heteroatoms. The van der Waals surface area contributed by atoms with Gasteiger partial charge in [0.25, 0.3) is 0 Å². The van der Waals surface area contributed by atoms with Crippen LogP contribution in [0.5, 0.6) is 0 Å². The molecule has 0 aromatic rings. The van der Waals surface area contributed by atoms with E-state index in [1.165, 1.54) is 19.3 Å². The van der Waals surface area contributed by atoms with Gasteiger partial charge in [-0.05, 0) is 37.0 Å². The van der Waals surface area contributed by atoms with Crippen molar-refractivity contribution in [2.24, 2.45) is 23.2 Å². The first-order chi connectivity index (χ1) is 8.44. The van der Waals surface area contributed by atoms with Crippen LogP contribution >= 0.6 is 0 Å². The van der Waals surface area contributed by atoms with Crippen LogP contribution in [0, 0.1) is 23.2 Å². The molecule has 2 aliphatic carbocycles. The highest BCUT2D eigenvalue weighted by Crippen LogP contribution is 2.73. The van der Waals surface area contributed by atoms with Gasteiger partial charge in [-0.25, -0.2) is 0 Å². The SMILES string of the molecule is C[C@@H]1C(=O)O[C@@]23C[C@H]4CCC[C@H](C)[C@@]4(C)C[C@@]12O3. The Morgan fingerprint density at radius 3 is 2.83 bits per heavy atom. The van der Waals surface area contributed by atoms with Crippen molar-refractivity contribution in [3.05, 3.63) is 0 Å². The van der Waals surface area contributed by atoms with E-state index in [4.69, 9.17) is 9.47 Å². The summed E-state index contributed by atoms with van der Waals surface area (Å²) in [7, 11) is 0. The Morgan fingerprint density at radius 1 is 1.28 bits per heavy atom. The largest absolute Gasteiger partial charge is 0.429 e. The van der Waals surface area contributed by atoms with Gasteiger partial charge in [-0.3, -0.25) is 4.79 Å².